The number of amides is 2. The van der Waals surface area contributed by atoms with Gasteiger partial charge in [0.15, 0.2) is 0 Å². The number of nitrogens with zero attached hydrogens (tertiary/aromatic N) is 3. The standard InChI is InChI=1S/C21H20N4O2/c1-3-25(4-2)18-11-10-15-12-16(14-22)20(27-19(15)13-18)24-21(26)23-17-8-6-5-7-9-17/h5-13H,3-4H2,1-2H3,(H,23,26)/b24-20+. The van der Waals surface area contributed by atoms with Gasteiger partial charge in [0.05, 0.1) is 0 Å². The molecule has 6 heteroatoms. The van der Waals surface area contributed by atoms with Crippen LogP contribution in [0.25, 0.3) is 11.0 Å². The van der Waals surface area contributed by atoms with Gasteiger partial charge >= 0.3 is 6.03 Å². The maximum atomic E-state index is 12.2. The topological polar surface area (TPSA) is 81.6 Å². The maximum absolute atomic E-state index is 12.2. The molecule has 2 aromatic carbocycles. The van der Waals surface area contributed by atoms with Crippen molar-refractivity contribution in [1.29, 1.82) is 5.26 Å². The summed E-state index contributed by atoms with van der Waals surface area (Å²) in [5.74, 6) is 0. The molecule has 0 saturated carbocycles. The lowest BCUT2D eigenvalue weighted by Gasteiger charge is -2.20. The zero-order valence-corrected chi connectivity index (χ0v) is 15.3. The van der Waals surface area contributed by atoms with Gasteiger partial charge in [-0.15, -0.1) is 0 Å². The molecule has 0 bridgehead atoms. The number of carbonyl (C=O) groups is 1. The van der Waals surface area contributed by atoms with Crippen LogP contribution in [0.1, 0.15) is 19.4 Å². The summed E-state index contributed by atoms with van der Waals surface area (Å²) < 4.78 is 5.80. The van der Waals surface area contributed by atoms with Crippen molar-refractivity contribution in [3.63, 3.8) is 0 Å². The van der Waals surface area contributed by atoms with Gasteiger partial charge in [-0.05, 0) is 44.2 Å². The number of anilines is 2. The first-order valence-corrected chi connectivity index (χ1v) is 8.78. The largest absolute Gasteiger partial charge is 0.437 e. The minimum Gasteiger partial charge on any atom is -0.437 e. The van der Waals surface area contributed by atoms with Crippen molar-refractivity contribution in [2.45, 2.75) is 13.8 Å². The predicted molar refractivity (Wildman–Crippen MR) is 106 cm³/mol. The van der Waals surface area contributed by atoms with Gasteiger partial charge in [-0.3, -0.25) is 0 Å². The number of benzene rings is 2. The van der Waals surface area contributed by atoms with Crippen molar-refractivity contribution in [2.75, 3.05) is 23.3 Å². The van der Waals surface area contributed by atoms with Gasteiger partial charge in [0.2, 0.25) is 5.55 Å². The number of nitrogens with one attached hydrogen (secondary N) is 1. The average molecular weight is 360 g/mol. The summed E-state index contributed by atoms with van der Waals surface area (Å²) in [5.41, 5.74) is 2.41. The molecule has 1 N–H and O–H groups in total. The van der Waals surface area contributed by atoms with Crippen LogP contribution in [0.3, 0.4) is 0 Å². The molecule has 0 aliphatic carbocycles. The summed E-state index contributed by atoms with van der Waals surface area (Å²) in [5, 5.41) is 12.8. The number of para-hydroxylation sites is 1. The van der Waals surface area contributed by atoms with E-state index in [2.05, 4.69) is 29.1 Å². The van der Waals surface area contributed by atoms with Crippen LogP contribution in [0.4, 0.5) is 16.2 Å². The van der Waals surface area contributed by atoms with E-state index < -0.39 is 6.03 Å². The molecule has 0 saturated heterocycles. The lowest BCUT2D eigenvalue weighted by Crippen LogP contribution is -2.21. The summed E-state index contributed by atoms with van der Waals surface area (Å²) in [4.78, 5) is 18.3. The van der Waals surface area contributed by atoms with E-state index in [0.29, 0.717) is 11.3 Å². The van der Waals surface area contributed by atoms with Crippen LogP contribution in [0.15, 0.2) is 64.0 Å². The smallest absolute Gasteiger partial charge is 0.348 e. The second-order valence-electron chi connectivity index (χ2n) is 5.88. The van der Waals surface area contributed by atoms with Crippen molar-refractivity contribution in [1.82, 2.24) is 0 Å². The third-order valence-corrected chi connectivity index (χ3v) is 4.21. The van der Waals surface area contributed by atoms with Gasteiger partial charge in [0, 0.05) is 35.9 Å². The molecule has 0 atom stereocenters. The number of hydrogen-bond acceptors (Lipinski definition) is 4. The highest BCUT2D eigenvalue weighted by molar-refractivity contribution is 5.90. The quantitative estimate of drug-likeness (QED) is 0.753. The normalized spacial score (nSPS) is 11.2. The van der Waals surface area contributed by atoms with E-state index in [-0.39, 0.29) is 11.1 Å². The fourth-order valence-electron chi connectivity index (χ4n) is 2.82. The molecular formula is C21H20N4O2. The predicted octanol–water partition coefficient (Wildman–Crippen LogP) is 4.28. The van der Waals surface area contributed by atoms with Crippen LogP contribution in [0, 0.1) is 11.3 Å². The number of hydrogen-bond donors (Lipinski definition) is 1. The third-order valence-electron chi connectivity index (χ3n) is 4.21. The summed E-state index contributed by atoms with van der Waals surface area (Å²) in [6, 6.07) is 17.9. The van der Waals surface area contributed by atoms with E-state index in [4.69, 9.17) is 4.42 Å². The molecule has 6 nitrogen and oxygen atoms in total. The summed E-state index contributed by atoms with van der Waals surface area (Å²) in [6.45, 7) is 5.90. The fraction of sp³-hybridized carbons (Fsp3) is 0.190. The van der Waals surface area contributed by atoms with E-state index >= 15 is 0 Å². The molecule has 0 unspecified atom stereocenters. The van der Waals surface area contributed by atoms with E-state index in [1.54, 1.807) is 18.2 Å². The molecule has 1 heterocycles. The van der Waals surface area contributed by atoms with Crippen LogP contribution in [-0.4, -0.2) is 19.1 Å². The Hall–Kier alpha value is -3.59. The molecule has 3 aromatic rings. The molecule has 0 radical (unpaired) electrons. The van der Waals surface area contributed by atoms with Crippen LogP contribution < -0.4 is 15.8 Å². The second kappa shape index (κ2) is 8.19. The first kappa shape index (κ1) is 18.2. The molecule has 1 aromatic heterocycles. The minimum absolute atomic E-state index is 0.00451. The molecule has 0 aliphatic heterocycles. The lowest BCUT2D eigenvalue weighted by molar-refractivity contribution is 0.258. The highest BCUT2D eigenvalue weighted by Gasteiger charge is 2.09. The average Bonchev–Trinajstić information content (AvgIpc) is 2.69. The third kappa shape index (κ3) is 4.15. The van der Waals surface area contributed by atoms with E-state index in [0.717, 1.165) is 24.2 Å². The highest BCUT2D eigenvalue weighted by Crippen LogP contribution is 2.21. The van der Waals surface area contributed by atoms with Gasteiger partial charge in [0.1, 0.15) is 17.2 Å². The van der Waals surface area contributed by atoms with Crippen LogP contribution in [-0.2, 0) is 0 Å². The maximum Gasteiger partial charge on any atom is 0.348 e. The van der Waals surface area contributed by atoms with Crippen LogP contribution in [0.2, 0.25) is 0 Å². The van der Waals surface area contributed by atoms with Gasteiger partial charge in [-0.2, -0.15) is 10.3 Å². The highest BCUT2D eigenvalue weighted by atomic mass is 16.3. The zero-order valence-electron chi connectivity index (χ0n) is 15.3. The molecule has 3 rings (SSSR count). The SMILES string of the molecule is CCN(CC)c1ccc2cc(C#N)/c(=N\C(=O)Nc3ccccc3)oc2c1. The first-order chi connectivity index (χ1) is 13.1. The number of nitriles is 1. The lowest BCUT2D eigenvalue weighted by atomic mass is 10.1. The summed E-state index contributed by atoms with van der Waals surface area (Å²) in [6.07, 6.45) is 0. The zero-order chi connectivity index (χ0) is 19.2. The summed E-state index contributed by atoms with van der Waals surface area (Å²) >= 11 is 0. The molecule has 2 amide bonds. The van der Waals surface area contributed by atoms with Crippen molar-refractivity contribution in [2.24, 2.45) is 4.99 Å². The van der Waals surface area contributed by atoms with Gasteiger partial charge < -0.3 is 14.6 Å². The molecular weight excluding hydrogens is 340 g/mol. The Balaban J connectivity index is 2.02. The summed E-state index contributed by atoms with van der Waals surface area (Å²) in [7, 11) is 0. The molecule has 0 fully saturated rings. The monoisotopic (exact) mass is 360 g/mol. The Bertz CT molecular complexity index is 1060. The number of carbonyl (C=O) groups excluding carboxylic acids is 1. The van der Waals surface area contributed by atoms with Gasteiger partial charge in [-0.1, -0.05) is 18.2 Å². The Labute approximate surface area is 157 Å². The Morgan fingerprint density at radius 1 is 1.15 bits per heavy atom. The fourth-order valence-corrected chi connectivity index (χ4v) is 2.82. The second-order valence-corrected chi connectivity index (χ2v) is 5.88. The van der Waals surface area contributed by atoms with E-state index in [1.165, 1.54) is 0 Å². The molecule has 0 aliphatic rings. The molecule has 27 heavy (non-hydrogen) atoms. The van der Waals surface area contributed by atoms with Crippen molar-refractivity contribution < 1.29 is 9.21 Å². The Morgan fingerprint density at radius 2 is 1.89 bits per heavy atom. The van der Waals surface area contributed by atoms with Crippen molar-refractivity contribution in [3.05, 3.63) is 65.7 Å². The Kier molecular flexibility index (Phi) is 5.53. The molecule has 0 spiro atoms. The van der Waals surface area contributed by atoms with Gasteiger partial charge in [-0.25, -0.2) is 4.79 Å². The first-order valence-electron chi connectivity index (χ1n) is 8.78. The van der Waals surface area contributed by atoms with Crippen LogP contribution >= 0.6 is 0 Å². The van der Waals surface area contributed by atoms with Gasteiger partial charge in [0.25, 0.3) is 0 Å². The van der Waals surface area contributed by atoms with E-state index in [9.17, 15) is 10.1 Å². The van der Waals surface area contributed by atoms with E-state index in [1.807, 2.05) is 42.5 Å². The number of rotatable bonds is 4. The number of urea groups is 1. The molecule has 136 valence electrons. The van der Waals surface area contributed by atoms with Crippen molar-refractivity contribution in [3.8, 4) is 6.07 Å². The van der Waals surface area contributed by atoms with Crippen molar-refractivity contribution >= 4 is 28.4 Å². The minimum atomic E-state index is -0.597. The Morgan fingerprint density at radius 3 is 2.56 bits per heavy atom. The van der Waals surface area contributed by atoms with Crippen LogP contribution in [0.5, 0.6) is 0 Å². The number of fused-ring (bicyclic) bond motifs is 1.